The topological polar surface area (TPSA) is 64.1 Å². The van der Waals surface area contributed by atoms with E-state index < -0.39 is 0 Å². The minimum absolute atomic E-state index is 0.199. The van der Waals surface area contributed by atoms with Gasteiger partial charge in [-0.25, -0.2) is 4.98 Å². The van der Waals surface area contributed by atoms with Gasteiger partial charge in [0.25, 0.3) is 0 Å². The van der Waals surface area contributed by atoms with E-state index in [2.05, 4.69) is 92.1 Å². The molecule has 8 aromatic rings. The number of aryl methyl sites for hydroxylation is 5. The average molecular weight is 626 g/mol. The number of pyridine rings is 1. The highest BCUT2D eigenvalue weighted by molar-refractivity contribution is 6.12. The van der Waals surface area contributed by atoms with Crippen LogP contribution in [0.2, 0.25) is 0 Å². The van der Waals surface area contributed by atoms with E-state index in [1.165, 1.54) is 29.7 Å². The molecule has 0 amide bonds. The molecule has 5 nitrogen and oxygen atoms in total. The third-order valence-electron chi connectivity index (χ3n) is 9.93. The van der Waals surface area contributed by atoms with Gasteiger partial charge in [0.1, 0.15) is 22.7 Å². The van der Waals surface area contributed by atoms with Crippen molar-refractivity contribution in [2.24, 2.45) is 0 Å². The monoisotopic (exact) mass is 625 g/mol. The number of rotatable bonds is 4. The highest BCUT2D eigenvalue weighted by atomic mass is 16.3. The molecule has 234 valence electrons. The zero-order valence-corrected chi connectivity index (χ0v) is 27.3. The van der Waals surface area contributed by atoms with Gasteiger partial charge in [0.2, 0.25) is 0 Å². The maximum absolute atomic E-state index is 11.1. The fourth-order valence-electron chi connectivity index (χ4n) is 7.83. The molecule has 0 saturated carbocycles. The van der Waals surface area contributed by atoms with E-state index in [-0.39, 0.29) is 5.75 Å². The van der Waals surface area contributed by atoms with Crippen LogP contribution in [-0.4, -0.2) is 19.6 Å². The average Bonchev–Trinajstić information content (AvgIpc) is 3.66. The third-order valence-corrected chi connectivity index (χ3v) is 9.93. The summed E-state index contributed by atoms with van der Waals surface area (Å²) in [6.07, 6.45) is 4.49. The SMILES string of the molecule is Cc1cc(C)c(-n2c(-c3ccccc3O)nc3c(-c4cc(-c5ccc6c(n5)CCCC6)c5oc6ccccc6c5c4)cccc32)c(C)c1. The molecule has 0 spiro atoms. The molecule has 0 radical (unpaired) electrons. The van der Waals surface area contributed by atoms with Crippen LogP contribution < -0.4 is 0 Å². The van der Waals surface area contributed by atoms with E-state index in [1.54, 1.807) is 6.07 Å². The van der Waals surface area contributed by atoms with Gasteiger partial charge in [-0.15, -0.1) is 0 Å². The van der Waals surface area contributed by atoms with Gasteiger partial charge < -0.3 is 9.52 Å². The number of aromatic hydroxyl groups is 1. The van der Waals surface area contributed by atoms with Crippen LogP contribution in [0.15, 0.2) is 108 Å². The summed E-state index contributed by atoms with van der Waals surface area (Å²) in [4.78, 5) is 10.6. The Morgan fingerprint density at radius 3 is 2.31 bits per heavy atom. The Morgan fingerprint density at radius 1 is 0.688 bits per heavy atom. The number of benzene rings is 5. The standard InChI is InChI=1S/C43H35N3O2/c1-25-21-26(2)41(27(3)22-25)46-37-16-10-14-30(40(37)45-43(46)32-13-5-8-17-38(32)47)29-23-33-31-12-6-9-18-39(31)48-42(33)34(24-29)36-20-19-28-11-4-7-15-35(28)44-36/h5-6,8-10,12-14,16-24,47H,4,7,11,15H2,1-3H3. The molecule has 0 saturated heterocycles. The van der Waals surface area contributed by atoms with Gasteiger partial charge in [-0.1, -0.05) is 66.2 Å². The fourth-order valence-corrected chi connectivity index (χ4v) is 7.83. The zero-order chi connectivity index (χ0) is 32.5. The van der Waals surface area contributed by atoms with Crippen molar-refractivity contribution in [3.05, 3.63) is 131 Å². The van der Waals surface area contributed by atoms with Crippen molar-refractivity contribution < 1.29 is 9.52 Å². The lowest BCUT2D eigenvalue weighted by atomic mass is 9.93. The molecular weight excluding hydrogens is 590 g/mol. The summed E-state index contributed by atoms with van der Waals surface area (Å²) in [6.45, 7) is 6.42. The Kier molecular flexibility index (Phi) is 6.51. The highest BCUT2D eigenvalue weighted by Gasteiger charge is 2.23. The second-order valence-corrected chi connectivity index (χ2v) is 13.2. The first-order valence-electron chi connectivity index (χ1n) is 16.8. The van der Waals surface area contributed by atoms with Crippen molar-refractivity contribution in [1.82, 2.24) is 14.5 Å². The number of phenols is 1. The van der Waals surface area contributed by atoms with Crippen LogP contribution in [0.25, 0.3) is 72.4 Å². The molecule has 0 atom stereocenters. The molecule has 3 aromatic heterocycles. The summed E-state index contributed by atoms with van der Waals surface area (Å²) in [5.74, 6) is 0.905. The molecule has 1 N–H and O–H groups in total. The maximum atomic E-state index is 11.1. The number of nitrogens with zero attached hydrogens (tertiary/aromatic N) is 3. The first-order valence-corrected chi connectivity index (χ1v) is 16.8. The Morgan fingerprint density at radius 2 is 1.46 bits per heavy atom. The van der Waals surface area contributed by atoms with Gasteiger partial charge in [-0.05, 0) is 111 Å². The summed E-state index contributed by atoms with van der Waals surface area (Å²) in [6, 6.07) is 35.4. The van der Waals surface area contributed by atoms with Crippen LogP contribution in [0.5, 0.6) is 5.75 Å². The van der Waals surface area contributed by atoms with Gasteiger partial charge in [-0.2, -0.15) is 0 Å². The molecule has 48 heavy (non-hydrogen) atoms. The van der Waals surface area contributed by atoms with Gasteiger partial charge in [-0.3, -0.25) is 9.55 Å². The molecule has 1 aliphatic carbocycles. The Bertz CT molecular complexity index is 2550. The molecule has 3 heterocycles. The molecule has 0 bridgehead atoms. The minimum Gasteiger partial charge on any atom is -0.507 e. The number of hydrogen-bond acceptors (Lipinski definition) is 4. The number of phenolic OH excluding ortho intramolecular Hbond substituents is 1. The van der Waals surface area contributed by atoms with Crippen LogP contribution in [0.1, 0.15) is 40.8 Å². The summed E-state index contributed by atoms with van der Waals surface area (Å²) in [5, 5.41) is 13.2. The molecule has 5 aromatic carbocycles. The van der Waals surface area contributed by atoms with Gasteiger partial charge in [0.15, 0.2) is 0 Å². The largest absolute Gasteiger partial charge is 0.507 e. The summed E-state index contributed by atoms with van der Waals surface area (Å²) < 4.78 is 8.78. The van der Waals surface area contributed by atoms with Crippen LogP contribution in [0, 0.1) is 20.8 Å². The highest BCUT2D eigenvalue weighted by Crippen LogP contribution is 2.43. The first-order chi connectivity index (χ1) is 23.4. The molecule has 0 unspecified atom stereocenters. The van der Waals surface area contributed by atoms with E-state index in [9.17, 15) is 5.11 Å². The lowest BCUT2D eigenvalue weighted by Crippen LogP contribution is -2.05. The van der Waals surface area contributed by atoms with Crippen molar-refractivity contribution >= 4 is 33.0 Å². The molecule has 0 fully saturated rings. The van der Waals surface area contributed by atoms with Crippen molar-refractivity contribution in [2.75, 3.05) is 0 Å². The van der Waals surface area contributed by atoms with E-state index in [0.717, 1.165) is 85.0 Å². The Hall–Kier alpha value is -5.68. The van der Waals surface area contributed by atoms with Crippen molar-refractivity contribution in [1.29, 1.82) is 0 Å². The van der Waals surface area contributed by atoms with E-state index in [4.69, 9.17) is 14.4 Å². The molecule has 5 heteroatoms. The Balaban J connectivity index is 1.35. The predicted octanol–water partition coefficient (Wildman–Crippen LogP) is 10.8. The lowest BCUT2D eigenvalue weighted by Gasteiger charge is -2.17. The molecule has 0 aliphatic heterocycles. The number of aromatic nitrogens is 3. The number of fused-ring (bicyclic) bond motifs is 5. The molecule has 1 aliphatic rings. The van der Waals surface area contributed by atoms with Crippen LogP contribution in [0.4, 0.5) is 0 Å². The van der Waals surface area contributed by atoms with Crippen LogP contribution in [-0.2, 0) is 12.8 Å². The number of imidazole rings is 1. The summed E-state index contributed by atoms with van der Waals surface area (Å²) >= 11 is 0. The van der Waals surface area contributed by atoms with Gasteiger partial charge in [0.05, 0.1) is 28.0 Å². The Labute approximate surface area is 279 Å². The van der Waals surface area contributed by atoms with E-state index in [0.29, 0.717) is 11.4 Å². The second-order valence-electron chi connectivity index (χ2n) is 13.2. The maximum Gasteiger partial charge on any atom is 0.149 e. The van der Waals surface area contributed by atoms with Crippen molar-refractivity contribution in [2.45, 2.75) is 46.5 Å². The normalized spacial score (nSPS) is 13.1. The van der Waals surface area contributed by atoms with Crippen LogP contribution >= 0.6 is 0 Å². The van der Waals surface area contributed by atoms with Crippen LogP contribution in [0.3, 0.4) is 0 Å². The van der Waals surface area contributed by atoms with Gasteiger partial charge in [0, 0.05) is 27.6 Å². The molecule has 9 rings (SSSR count). The predicted molar refractivity (Wildman–Crippen MR) is 195 cm³/mol. The summed E-state index contributed by atoms with van der Waals surface area (Å²) in [5.41, 5.74) is 15.4. The van der Waals surface area contributed by atoms with Crippen molar-refractivity contribution in [3.63, 3.8) is 0 Å². The minimum atomic E-state index is 0.199. The second kappa shape index (κ2) is 11.0. The van der Waals surface area contributed by atoms with Crippen molar-refractivity contribution in [3.8, 4) is 45.2 Å². The van der Waals surface area contributed by atoms with E-state index >= 15 is 0 Å². The quantitative estimate of drug-likeness (QED) is 0.211. The fraction of sp³-hybridized carbons (Fsp3) is 0.163. The number of para-hydroxylation sites is 3. The summed E-state index contributed by atoms with van der Waals surface area (Å²) in [7, 11) is 0. The smallest absolute Gasteiger partial charge is 0.149 e. The molecular formula is C43H35N3O2. The lowest BCUT2D eigenvalue weighted by molar-refractivity contribution is 0.477. The van der Waals surface area contributed by atoms with E-state index in [1.807, 2.05) is 30.3 Å². The third kappa shape index (κ3) is 4.45. The number of hydrogen-bond donors (Lipinski definition) is 1. The zero-order valence-electron chi connectivity index (χ0n) is 27.3. The van der Waals surface area contributed by atoms with Gasteiger partial charge >= 0.3 is 0 Å². The first kappa shape index (κ1) is 28.5. The number of furan rings is 1.